The van der Waals surface area contributed by atoms with Crippen LogP contribution in [-0.2, 0) is 12.8 Å². The molecule has 6 heteroatoms. The fourth-order valence-corrected chi connectivity index (χ4v) is 10.2. The van der Waals surface area contributed by atoms with Gasteiger partial charge in [0.1, 0.15) is 0 Å². The third kappa shape index (κ3) is 4.43. The Balaban J connectivity index is 1.22. The molecule has 0 nitrogen and oxygen atoms in total. The maximum atomic E-state index is 2.28. The van der Waals surface area contributed by atoms with Gasteiger partial charge in [-0.1, -0.05) is 13.8 Å². The van der Waals surface area contributed by atoms with E-state index in [1.54, 1.807) is 0 Å². The lowest BCUT2D eigenvalue weighted by molar-refractivity contribution is 1.19. The van der Waals surface area contributed by atoms with Gasteiger partial charge in [0.05, 0.1) is 0 Å². The molecule has 6 rings (SSSR count). The monoisotopic (exact) mass is 550 g/mol. The minimum Gasteiger partial charge on any atom is -0.139 e. The first-order valence-corrected chi connectivity index (χ1v) is 16.2. The molecule has 0 fully saturated rings. The van der Waals surface area contributed by atoms with Crippen molar-refractivity contribution in [2.45, 2.75) is 26.7 Å². The molecule has 0 bridgehead atoms. The lowest BCUT2D eigenvalue weighted by Crippen LogP contribution is -1.63. The average Bonchev–Trinajstić information content (AvgIpc) is 3.69. The molecule has 0 saturated carbocycles. The van der Waals surface area contributed by atoms with Gasteiger partial charge in [0.2, 0.25) is 0 Å². The van der Waals surface area contributed by atoms with Gasteiger partial charge >= 0.3 is 0 Å². The van der Waals surface area contributed by atoms with E-state index in [1.165, 1.54) is 58.5 Å². The van der Waals surface area contributed by atoms with Gasteiger partial charge in [-0.05, 0) is 85.6 Å². The number of aryl methyl sites for hydroxylation is 2. The smallest absolute Gasteiger partial charge is 0.0449 e. The van der Waals surface area contributed by atoms with Crippen molar-refractivity contribution in [1.82, 2.24) is 0 Å². The molecule has 0 spiro atoms. The zero-order valence-corrected chi connectivity index (χ0v) is 23.7. The molecule has 6 aromatic rings. The van der Waals surface area contributed by atoms with Crippen molar-refractivity contribution in [1.29, 1.82) is 0 Å². The summed E-state index contributed by atoms with van der Waals surface area (Å²) >= 11 is 11.4. The van der Waals surface area contributed by atoms with Crippen LogP contribution in [0.5, 0.6) is 0 Å². The topological polar surface area (TPSA) is 0 Å². The van der Waals surface area contributed by atoms with Crippen molar-refractivity contribution < 1.29 is 0 Å². The van der Waals surface area contributed by atoms with Crippen LogP contribution in [0.2, 0.25) is 0 Å². The van der Waals surface area contributed by atoms with Crippen LogP contribution < -0.4 is 0 Å². The average molecular weight is 551 g/mol. The van der Waals surface area contributed by atoms with E-state index in [-0.39, 0.29) is 0 Å². The summed E-state index contributed by atoms with van der Waals surface area (Å²) in [6.45, 7) is 4.45. The summed E-state index contributed by atoms with van der Waals surface area (Å²) in [5.41, 5.74) is 0. The maximum Gasteiger partial charge on any atom is 0.0449 e. The molecule has 0 radical (unpaired) electrons. The van der Waals surface area contributed by atoms with Crippen LogP contribution in [0, 0.1) is 0 Å². The van der Waals surface area contributed by atoms with Crippen molar-refractivity contribution in [2.75, 3.05) is 0 Å². The van der Waals surface area contributed by atoms with E-state index < -0.39 is 0 Å². The van der Waals surface area contributed by atoms with Crippen molar-refractivity contribution in [3.8, 4) is 48.8 Å². The highest BCUT2D eigenvalue weighted by molar-refractivity contribution is 7.30. The Morgan fingerprint density at radius 1 is 0.324 bits per heavy atom. The van der Waals surface area contributed by atoms with Crippen LogP contribution in [0.3, 0.4) is 0 Å². The molecule has 0 unspecified atom stereocenters. The molecule has 170 valence electrons. The number of hydrogen-bond acceptors (Lipinski definition) is 6. The van der Waals surface area contributed by atoms with Gasteiger partial charge in [-0.3, -0.25) is 0 Å². The third-order valence-electron chi connectivity index (χ3n) is 5.66. The van der Waals surface area contributed by atoms with Gasteiger partial charge in [-0.25, -0.2) is 0 Å². The lowest BCUT2D eigenvalue weighted by atomic mass is 10.3. The Morgan fingerprint density at radius 2 is 0.529 bits per heavy atom. The Kier molecular flexibility index (Phi) is 6.45. The largest absolute Gasteiger partial charge is 0.139 e. The quantitative estimate of drug-likeness (QED) is 0.185. The highest BCUT2D eigenvalue weighted by atomic mass is 32.1. The van der Waals surface area contributed by atoms with Gasteiger partial charge in [-0.2, -0.15) is 0 Å². The Morgan fingerprint density at radius 3 is 0.735 bits per heavy atom. The first-order valence-electron chi connectivity index (χ1n) is 11.3. The van der Waals surface area contributed by atoms with E-state index in [0.29, 0.717) is 0 Å². The summed E-state index contributed by atoms with van der Waals surface area (Å²) in [5.74, 6) is 0. The fourth-order valence-electron chi connectivity index (χ4n) is 3.81. The molecular weight excluding hydrogens is 529 g/mol. The number of rotatable bonds is 7. The number of thiophene rings is 6. The van der Waals surface area contributed by atoms with Crippen LogP contribution in [0.15, 0.2) is 72.8 Å². The maximum absolute atomic E-state index is 2.28. The Bertz CT molecular complexity index is 1430. The fraction of sp³-hybridized carbons (Fsp3) is 0.143. The summed E-state index contributed by atoms with van der Waals surface area (Å²) in [6, 6.07) is 27.3. The predicted octanol–water partition coefficient (Wildman–Crippen LogP) is 11.5. The SMILES string of the molecule is CCc1ccc(-c2ccc(-c3ccc(-c4ccc(-c5ccc(-c6ccc(CC)s6)s5)s4)s3)s2)s1. The van der Waals surface area contributed by atoms with Crippen LogP contribution >= 0.6 is 68.0 Å². The minimum atomic E-state index is 1.11. The molecule has 0 N–H and O–H groups in total. The minimum absolute atomic E-state index is 1.11. The summed E-state index contributed by atoms with van der Waals surface area (Å²) < 4.78 is 0. The van der Waals surface area contributed by atoms with E-state index >= 15 is 0 Å². The summed E-state index contributed by atoms with van der Waals surface area (Å²) in [7, 11) is 0. The molecule has 0 aliphatic carbocycles. The molecule has 0 atom stereocenters. The molecule has 6 heterocycles. The molecule has 6 aromatic heterocycles. The number of hydrogen-bond donors (Lipinski definition) is 0. The second-order valence-electron chi connectivity index (χ2n) is 7.89. The molecule has 0 aromatic carbocycles. The molecule has 0 aliphatic heterocycles. The zero-order chi connectivity index (χ0) is 23.1. The molecular formula is C28H22S6. The predicted molar refractivity (Wildman–Crippen MR) is 160 cm³/mol. The molecule has 34 heavy (non-hydrogen) atoms. The van der Waals surface area contributed by atoms with Crippen molar-refractivity contribution in [3.05, 3.63) is 82.6 Å². The molecule has 0 saturated heterocycles. The lowest BCUT2D eigenvalue weighted by Gasteiger charge is -1.93. The van der Waals surface area contributed by atoms with Crippen molar-refractivity contribution in [2.24, 2.45) is 0 Å². The highest BCUT2D eigenvalue weighted by Crippen LogP contribution is 2.45. The Hall–Kier alpha value is -1.80. The van der Waals surface area contributed by atoms with Gasteiger partial charge in [0.25, 0.3) is 0 Å². The van der Waals surface area contributed by atoms with E-state index in [1.807, 2.05) is 68.0 Å². The summed E-state index contributed by atoms with van der Waals surface area (Å²) in [6.07, 6.45) is 2.22. The van der Waals surface area contributed by atoms with Crippen LogP contribution in [0.25, 0.3) is 48.8 Å². The van der Waals surface area contributed by atoms with E-state index in [0.717, 1.165) is 12.8 Å². The first kappa shape index (κ1) is 22.7. The first-order chi connectivity index (χ1) is 16.7. The second kappa shape index (κ2) is 9.69. The van der Waals surface area contributed by atoms with E-state index in [4.69, 9.17) is 0 Å². The van der Waals surface area contributed by atoms with Crippen LogP contribution in [0.1, 0.15) is 23.6 Å². The third-order valence-corrected chi connectivity index (χ3v) is 13.4. The van der Waals surface area contributed by atoms with E-state index in [9.17, 15) is 0 Å². The molecule has 0 amide bonds. The summed E-state index contributed by atoms with van der Waals surface area (Å²) in [5, 5.41) is 0. The Labute approximate surface area is 224 Å². The van der Waals surface area contributed by atoms with Gasteiger partial charge in [-0.15, -0.1) is 68.0 Å². The molecule has 0 aliphatic rings. The van der Waals surface area contributed by atoms with Gasteiger partial charge in [0, 0.05) is 58.5 Å². The van der Waals surface area contributed by atoms with Gasteiger partial charge < -0.3 is 0 Å². The second-order valence-corrected chi connectivity index (χ2v) is 14.6. The van der Waals surface area contributed by atoms with Gasteiger partial charge in [0.15, 0.2) is 0 Å². The normalized spacial score (nSPS) is 11.5. The van der Waals surface area contributed by atoms with Crippen molar-refractivity contribution >= 4 is 68.0 Å². The van der Waals surface area contributed by atoms with Crippen LogP contribution in [0.4, 0.5) is 0 Å². The standard InChI is InChI=1S/C28H22S6/c1-3-17-5-7-19(29-17)21-9-11-23(31-21)25-13-15-27(33-25)28-16-14-26(34-28)24-12-10-22(32-24)20-8-6-18(4-2)30-20/h5-16H,3-4H2,1-2H3. The van der Waals surface area contributed by atoms with Crippen LogP contribution in [-0.4, -0.2) is 0 Å². The van der Waals surface area contributed by atoms with E-state index in [2.05, 4.69) is 86.6 Å². The zero-order valence-electron chi connectivity index (χ0n) is 18.8. The summed E-state index contributed by atoms with van der Waals surface area (Å²) in [4.78, 5) is 16.6. The highest BCUT2D eigenvalue weighted by Gasteiger charge is 2.13. The van der Waals surface area contributed by atoms with Crippen molar-refractivity contribution in [3.63, 3.8) is 0 Å².